The number of ether oxygens (including phenoxy) is 2. The number of nitrogen functional groups attached to an aromatic ring is 1. The number of amides is 1. The highest BCUT2D eigenvalue weighted by molar-refractivity contribution is 5.89. The molecule has 1 atom stereocenters. The maximum atomic E-state index is 12.0. The molecule has 0 fully saturated rings. The lowest BCUT2D eigenvalue weighted by molar-refractivity contribution is -0.119. The number of anilines is 1. The third kappa shape index (κ3) is 3.48. The lowest BCUT2D eigenvalue weighted by atomic mass is 9.95. The predicted octanol–water partition coefficient (Wildman–Crippen LogP) is 3.45. The van der Waals surface area contributed by atoms with Crippen LogP contribution in [0.15, 0.2) is 54.6 Å². The fraction of sp³-hybridized carbons (Fsp3) is 0.192. The van der Waals surface area contributed by atoms with Crippen LogP contribution in [-0.2, 0) is 17.9 Å². The van der Waals surface area contributed by atoms with Gasteiger partial charge >= 0.3 is 0 Å². The van der Waals surface area contributed by atoms with Crippen LogP contribution in [-0.4, -0.2) is 40.6 Å². The summed E-state index contributed by atoms with van der Waals surface area (Å²) in [5.41, 5.74) is 11.8. The van der Waals surface area contributed by atoms with Gasteiger partial charge in [0.15, 0.2) is 11.5 Å². The van der Waals surface area contributed by atoms with E-state index in [1.54, 1.807) is 25.2 Å². The highest BCUT2D eigenvalue weighted by Gasteiger charge is 2.33. The number of nitrogens with zero attached hydrogens (tertiary/aromatic N) is 3. The van der Waals surface area contributed by atoms with Crippen molar-refractivity contribution in [3.05, 3.63) is 77.0 Å². The number of fused-ring (bicyclic) bond motifs is 2. The molecule has 1 aliphatic heterocycles. The molecule has 4 aromatic rings. The summed E-state index contributed by atoms with van der Waals surface area (Å²) in [4.78, 5) is 22.7. The third-order valence-corrected chi connectivity index (χ3v) is 6.26. The molecule has 1 aromatic heterocycles. The monoisotopic (exact) mass is 456 g/mol. The van der Waals surface area contributed by atoms with Crippen molar-refractivity contribution in [2.75, 3.05) is 20.0 Å². The lowest BCUT2D eigenvalue weighted by Gasteiger charge is -2.22. The Kier molecular flexibility index (Phi) is 5.51. The molecule has 1 amide bonds. The Balaban J connectivity index is 1.74. The largest absolute Gasteiger partial charge is 0.493 e. The normalized spacial score (nSPS) is 14.8. The average molecular weight is 457 g/mol. The zero-order valence-corrected chi connectivity index (χ0v) is 18.9. The van der Waals surface area contributed by atoms with Crippen molar-refractivity contribution < 1.29 is 19.4 Å². The first-order valence-corrected chi connectivity index (χ1v) is 10.8. The van der Waals surface area contributed by atoms with Gasteiger partial charge < -0.3 is 25.2 Å². The van der Waals surface area contributed by atoms with Crippen LogP contribution in [0.2, 0.25) is 0 Å². The van der Waals surface area contributed by atoms with Gasteiger partial charge in [0.1, 0.15) is 6.04 Å². The van der Waals surface area contributed by atoms with E-state index in [1.165, 1.54) is 0 Å². The molecule has 5 rings (SSSR count). The Labute approximate surface area is 196 Å². The van der Waals surface area contributed by atoms with Crippen LogP contribution < -0.4 is 15.2 Å². The highest BCUT2D eigenvalue weighted by atomic mass is 16.5. The molecular formula is C26H24N4O4. The van der Waals surface area contributed by atoms with Crippen molar-refractivity contribution in [1.82, 2.24) is 14.9 Å². The summed E-state index contributed by atoms with van der Waals surface area (Å²) in [6.07, 6.45) is 0.844. The lowest BCUT2D eigenvalue weighted by Crippen LogP contribution is -2.22. The summed E-state index contributed by atoms with van der Waals surface area (Å²) in [7, 11) is 3.13. The van der Waals surface area contributed by atoms with E-state index in [1.807, 2.05) is 48.5 Å². The first-order valence-electron chi connectivity index (χ1n) is 10.8. The van der Waals surface area contributed by atoms with Crippen LogP contribution >= 0.6 is 0 Å². The molecule has 0 saturated heterocycles. The van der Waals surface area contributed by atoms with Gasteiger partial charge in [-0.3, -0.25) is 4.79 Å². The van der Waals surface area contributed by atoms with Gasteiger partial charge in [-0.15, -0.1) is 0 Å². The van der Waals surface area contributed by atoms with Gasteiger partial charge in [-0.2, -0.15) is 0 Å². The molecule has 0 spiro atoms. The standard InChI is InChI=1S/C26H24N4O4/c1-33-22-10-17(13-31)19(11-23(22)34-2)15-7-8-21-20(9-15)24(29-26(27)28-21)25-18-6-4-3-5-16(18)12-30(25)14-32/h3-11,14,25,31H,12-13H2,1-2H3,(H2,27,28,29). The van der Waals surface area contributed by atoms with Crippen LogP contribution in [0.4, 0.5) is 5.95 Å². The van der Waals surface area contributed by atoms with Crippen molar-refractivity contribution >= 4 is 23.3 Å². The van der Waals surface area contributed by atoms with E-state index in [4.69, 9.17) is 15.2 Å². The molecule has 0 saturated carbocycles. The number of hydrogen-bond donors (Lipinski definition) is 2. The predicted molar refractivity (Wildman–Crippen MR) is 128 cm³/mol. The number of aromatic nitrogens is 2. The molecule has 0 bridgehead atoms. The number of benzene rings is 3. The summed E-state index contributed by atoms with van der Waals surface area (Å²) in [5, 5.41) is 10.8. The van der Waals surface area contributed by atoms with E-state index in [0.717, 1.165) is 34.1 Å². The Morgan fingerprint density at radius 1 is 1.09 bits per heavy atom. The number of methoxy groups -OCH3 is 2. The summed E-state index contributed by atoms with van der Waals surface area (Å²) in [6, 6.07) is 16.9. The van der Waals surface area contributed by atoms with E-state index < -0.39 is 0 Å². The maximum Gasteiger partial charge on any atom is 0.220 e. The molecular weight excluding hydrogens is 432 g/mol. The van der Waals surface area contributed by atoms with Crippen molar-refractivity contribution in [2.24, 2.45) is 0 Å². The van der Waals surface area contributed by atoms with Gasteiger partial charge in [-0.05, 0) is 52.1 Å². The Morgan fingerprint density at radius 2 is 1.85 bits per heavy atom. The number of carbonyl (C=O) groups excluding carboxylic acids is 1. The summed E-state index contributed by atoms with van der Waals surface area (Å²) in [5.74, 6) is 1.24. The summed E-state index contributed by atoms with van der Waals surface area (Å²) >= 11 is 0. The van der Waals surface area contributed by atoms with Gasteiger partial charge in [0, 0.05) is 11.9 Å². The van der Waals surface area contributed by atoms with Crippen LogP contribution in [0.25, 0.3) is 22.0 Å². The molecule has 8 heteroatoms. The maximum absolute atomic E-state index is 12.0. The smallest absolute Gasteiger partial charge is 0.220 e. The van der Waals surface area contributed by atoms with Crippen LogP contribution in [0, 0.1) is 0 Å². The van der Waals surface area contributed by atoms with Gasteiger partial charge in [0.2, 0.25) is 12.4 Å². The molecule has 34 heavy (non-hydrogen) atoms. The zero-order chi connectivity index (χ0) is 23.8. The number of carbonyl (C=O) groups is 1. The highest BCUT2D eigenvalue weighted by Crippen LogP contribution is 2.41. The Hall–Kier alpha value is -4.17. The number of hydrogen-bond acceptors (Lipinski definition) is 7. The van der Waals surface area contributed by atoms with Gasteiger partial charge in [0.05, 0.1) is 32.0 Å². The van der Waals surface area contributed by atoms with E-state index in [-0.39, 0.29) is 18.6 Å². The molecule has 172 valence electrons. The molecule has 0 aliphatic carbocycles. The van der Waals surface area contributed by atoms with Crippen molar-refractivity contribution in [1.29, 1.82) is 0 Å². The van der Waals surface area contributed by atoms with Crippen LogP contribution in [0.3, 0.4) is 0 Å². The van der Waals surface area contributed by atoms with E-state index in [0.29, 0.717) is 34.8 Å². The Morgan fingerprint density at radius 3 is 2.59 bits per heavy atom. The minimum Gasteiger partial charge on any atom is -0.493 e. The number of aliphatic hydroxyl groups is 1. The summed E-state index contributed by atoms with van der Waals surface area (Å²) in [6.45, 7) is 0.327. The Bertz CT molecular complexity index is 1410. The van der Waals surface area contributed by atoms with Crippen LogP contribution in [0.1, 0.15) is 28.4 Å². The van der Waals surface area contributed by atoms with E-state index in [9.17, 15) is 9.90 Å². The molecule has 1 aliphatic rings. The number of aliphatic hydroxyl groups excluding tert-OH is 1. The van der Waals surface area contributed by atoms with Gasteiger partial charge in [-0.25, -0.2) is 9.97 Å². The summed E-state index contributed by atoms with van der Waals surface area (Å²) < 4.78 is 10.9. The molecule has 8 nitrogen and oxygen atoms in total. The molecule has 3 N–H and O–H groups in total. The first kappa shape index (κ1) is 21.7. The average Bonchev–Trinajstić information content (AvgIpc) is 3.25. The second-order valence-electron chi connectivity index (χ2n) is 8.10. The van der Waals surface area contributed by atoms with Crippen molar-refractivity contribution in [2.45, 2.75) is 19.2 Å². The molecule has 1 unspecified atom stereocenters. The minimum absolute atomic E-state index is 0.146. The minimum atomic E-state index is -0.375. The molecule has 3 aromatic carbocycles. The zero-order valence-electron chi connectivity index (χ0n) is 18.9. The van der Waals surface area contributed by atoms with Crippen molar-refractivity contribution in [3.8, 4) is 22.6 Å². The van der Waals surface area contributed by atoms with Crippen molar-refractivity contribution in [3.63, 3.8) is 0 Å². The van der Waals surface area contributed by atoms with Gasteiger partial charge in [-0.1, -0.05) is 30.3 Å². The second-order valence-corrected chi connectivity index (χ2v) is 8.10. The first-order chi connectivity index (χ1) is 16.6. The second kappa shape index (κ2) is 8.64. The fourth-order valence-corrected chi connectivity index (χ4v) is 4.68. The van der Waals surface area contributed by atoms with Gasteiger partial charge in [0.25, 0.3) is 0 Å². The number of rotatable bonds is 6. The van der Waals surface area contributed by atoms with Crippen LogP contribution in [0.5, 0.6) is 11.5 Å². The molecule has 2 heterocycles. The third-order valence-electron chi connectivity index (χ3n) is 6.26. The quantitative estimate of drug-likeness (QED) is 0.428. The van der Waals surface area contributed by atoms with E-state index in [2.05, 4.69) is 9.97 Å². The molecule has 0 radical (unpaired) electrons. The van der Waals surface area contributed by atoms with E-state index >= 15 is 0 Å². The fourth-order valence-electron chi connectivity index (χ4n) is 4.68. The number of nitrogens with two attached hydrogens (primary N) is 1. The SMILES string of the molecule is COc1cc(CO)c(-c2ccc3nc(N)nc(C4c5ccccc5CN4C=O)c3c2)cc1OC. The topological polar surface area (TPSA) is 111 Å².